The number of carbonyl (C=O) groups excluding carboxylic acids is 1. The number of benzene rings is 1. The Morgan fingerprint density at radius 2 is 1.83 bits per heavy atom. The summed E-state index contributed by atoms with van der Waals surface area (Å²) in [6.45, 7) is 1.53. The Hall–Kier alpha value is -1.35. The van der Waals surface area contributed by atoms with Crippen molar-refractivity contribution in [2.75, 3.05) is 13.7 Å². The summed E-state index contributed by atoms with van der Waals surface area (Å²) in [6.07, 6.45) is 10.5. The summed E-state index contributed by atoms with van der Waals surface area (Å²) in [4.78, 5) is 15.0. The van der Waals surface area contributed by atoms with E-state index in [0.717, 1.165) is 30.0 Å². The quantitative estimate of drug-likeness (QED) is 0.805. The van der Waals surface area contributed by atoms with E-state index in [-0.39, 0.29) is 5.91 Å². The van der Waals surface area contributed by atoms with Crippen LogP contribution in [0.25, 0.3) is 0 Å². The van der Waals surface area contributed by atoms with Gasteiger partial charge in [0.05, 0.1) is 6.61 Å². The van der Waals surface area contributed by atoms with Gasteiger partial charge in [-0.15, -0.1) is 0 Å². The van der Waals surface area contributed by atoms with Crippen molar-refractivity contribution in [1.29, 1.82) is 0 Å². The molecule has 0 bridgehead atoms. The third-order valence-electron chi connectivity index (χ3n) is 5.48. The van der Waals surface area contributed by atoms with Gasteiger partial charge in [-0.3, -0.25) is 4.79 Å². The number of ether oxygens (including phenoxy) is 1. The SMILES string of the molecule is COCc1ccc(C(=O)N2CCCC2CC2CCCCC2)cc1. The van der Waals surface area contributed by atoms with Crippen molar-refractivity contribution >= 4 is 5.91 Å². The number of nitrogens with zero attached hydrogens (tertiary/aromatic N) is 1. The molecule has 3 nitrogen and oxygen atoms in total. The Morgan fingerprint density at radius 1 is 1.09 bits per heavy atom. The minimum Gasteiger partial charge on any atom is -0.380 e. The van der Waals surface area contributed by atoms with Crippen molar-refractivity contribution in [3.8, 4) is 0 Å². The molecule has 0 spiro atoms. The predicted octanol–water partition coefficient (Wildman–Crippen LogP) is 4.41. The lowest BCUT2D eigenvalue weighted by Gasteiger charge is -2.30. The zero-order chi connectivity index (χ0) is 16.1. The maximum Gasteiger partial charge on any atom is 0.254 e. The number of hydrogen-bond acceptors (Lipinski definition) is 2. The molecule has 1 heterocycles. The molecule has 2 aliphatic rings. The van der Waals surface area contributed by atoms with Gasteiger partial charge in [-0.2, -0.15) is 0 Å². The van der Waals surface area contributed by atoms with Crippen molar-refractivity contribution in [2.24, 2.45) is 5.92 Å². The van der Waals surface area contributed by atoms with Crippen molar-refractivity contribution in [3.05, 3.63) is 35.4 Å². The van der Waals surface area contributed by atoms with Gasteiger partial charge in [0.15, 0.2) is 0 Å². The van der Waals surface area contributed by atoms with E-state index < -0.39 is 0 Å². The lowest BCUT2D eigenvalue weighted by Crippen LogP contribution is -2.37. The van der Waals surface area contributed by atoms with Gasteiger partial charge in [-0.1, -0.05) is 44.2 Å². The molecule has 0 N–H and O–H groups in total. The lowest BCUT2D eigenvalue weighted by molar-refractivity contribution is 0.0711. The second kappa shape index (κ2) is 7.96. The molecule has 3 rings (SSSR count). The molecule has 0 radical (unpaired) electrons. The molecular weight excluding hydrogens is 286 g/mol. The number of hydrogen-bond donors (Lipinski definition) is 0. The molecule has 1 aromatic carbocycles. The number of amides is 1. The molecule has 1 atom stereocenters. The third-order valence-corrected chi connectivity index (χ3v) is 5.48. The first-order valence-electron chi connectivity index (χ1n) is 9.17. The van der Waals surface area contributed by atoms with Crippen LogP contribution in [0.5, 0.6) is 0 Å². The largest absolute Gasteiger partial charge is 0.380 e. The molecule has 1 saturated heterocycles. The summed E-state index contributed by atoms with van der Waals surface area (Å²) < 4.78 is 5.13. The van der Waals surface area contributed by atoms with Crippen molar-refractivity contribution in [1.82, 2.24) is 4.90 Å². The fraction of sp³-hybridized carbons (Fsp3) is 0.650. The Bertz CT molecular complexity index is 505. The Kier molecular flexibility index (Phi) is 5.71. The van der Waals surface area contributed by atoms with E-state index in [9.17, 15) is 4.79 Å². The maximum atomic E-state index is 12.9. The average Bonchev–Trinajstić information content (AvgIpc) is 3.04. The Labute approximate surface area is 140 Å². The van der Waals surface area contributed by atoms with Gasteiger partial charge in [-0.05, 0) is 42.9 Å². The van der Waals surface area contributed by atoms with Gasteiger partial charge in [0, 0.05) is 25.3 Å². The minimum atomic E-state index is 0.215. The van der Waals surface area contributed by atoms with Gasteiger partial charge in [0.25, 0.3) is 5.91 Å². The van der Waals surface area contributed by atoms with E-state index in [1.807, 2.05) is 24.3 Å². The molecule has 126 valence electrons. The standard InChI is InChI=1S/C20H29NO2/c1-23-15-17-9-11-18(12-10-17)20(22)21-13-5-8-19(21)14-16-6-3-2-4-7-16/h9-12,16,19H,2-8,13-15H2,1H3. The van der Waals surface area contributed by atoms with Crippen LogP contribution in [0.2, 0.25) is 0 Å². The van der Waals surface area contributed by atoms with Crippen LogP contribution in [0.3, 0.4) is 0 Å². The second-order valence-corrected chi connectivity index (χ2v) is 7.16. The topological polar surface area (TPSA) is 29.5 Å². The molecule has 1 aliphatic heterocycles. The van der Waals surface area contributed by atoms with Crippen LogP contribution in [-0.2, 0) is 11.3 Å². The number of rotatable bonds is 5. The van der Waals surface area contributed by atoms with Crippen LogP contribution in [0.15, 0.2) is 24.3 Å². The summed E-state index contributed by atoms with van der Waals surface area (Å²) in [5.74, 6) is 1.05. The van der Waals surface area contributed by atoms with E-state index in [1.54, 1.807) is 7.11 Å². The molecule has 3 heteroatoms. The summed E-state index contributed by atoms with van der Waals surface area (Å²) >= 11 is 0. The zero-order valence-corrected chi connectivity index (χ0v) is 14.3. The highest BCUT2D eigenvalue weighted by atomic mass is 16.5. The molecule has 1 amide bonds. The van der Waals surface area contributed by atoms with Gasteiger partial charge in [0.2, 0.25) is 0 Å². The fourth-order valence-electron chi connectivity index (χ4n) is 4.23. The van der Waals surface area contributed by atoms with Crippen LogP contribution in [0, 0.1) is 5.92 Å². The van der Waals surface area contributed by atoms with E-state index in [4.69, 9.17) is 4.74 Å². The number of carbonyl (C=O) groups is 1. The van der Waals surface area contributed by atoms with Crippen molar-refractivity contribution in [2.45, 2.75) is 64.0 Å². The predicted molar refractivity (Wildman–Crippen MR) is 92.4 cm³/mol. The number of likely N-dealkylation sites (tertiary alicyclic amines) is 1. The summed E-state index contributed by atoms with van der Waals surface area (Å²) in [6, 6.07) is 8.37. The highest BCUT2D eigenvalue weighted by Gasteiger charge is 2.31. The van der Waals surface area contributed by atoms with Gasteiger partial charge < -0.3 is 9.64 Å². The first-order chi connectivity index (χ1) is 11.3. The summed E-state index contributed by atoms with van der Waals surface area (Å²) in [5, 5.41) is 0. The molecular formula is C20H29NO2. The molecule has 1 saturated carbocycles. The van der Waals surface area contributed by atoms with Crippen LogP contribution in [0.1, 0.15) is 67.3 Å². The van der Waals surface area contributed by atoms with Crippen LogP contribution in [-0.4, -0.2) is 30.5 Å². The Balaban J connectivity index is 1.62. The smallest absolute Gasteiger partial charge is 0.254 e. The normalized spacial score (nSPS) is 22.5. The highest BCUT2D eigenvalue weighted by molar-refractivity contribution is 5.94. The van der Waals surface area contributed by atoms with Gasteiger partial charge >= 0.3 is 0 Å². The third kappa shape index (κ3) is 4.14. The second-order valence-electron chi connectivity index (χ2n) is 7.16. The average molecular weight is 315 g/mol. The summed E-state index contributed by atoms with van der Waals surface area (Å²) in [5.41, 5.74) is 1.93. The molecule has 2 fully saturated rings. The molecule has 1 unspecified atom stereocenters. The van der Waals surface area contributed by atoms with Crippen molar-refractivity contribution in [3.63, 3.8) is 0 Å². The Morgan fingerprint density at radius 3 is 2.52 bits per heavy atom. The maximum absolute atomic E-state index is 12.9. The molecule has 1 aliphatic carbocycles. The van der Waals surface area contributed by atoms with Crippen molar-refractivity contribution < 1.29 is 9.53 Å². The van der Waals surface area contributed by atoms with Gasteiger partial charge in [-0.25, -0.2) is 0 Å². The van der Waals surface area contributed by atoms with E-state index in [2.05, 4.69) is 4.90 Å². The number of methoxy groups -OCH3 is 1. The van der Waals surface area contributed by atoms with Crippen LogP contribution in [0.4, 0.5) is 0 Å². The van der Waals surface area contributed by atoms with E-state index >= 15 is 0 Å². The lowest BCUT2D eigenvalue weighted by atomic mass is 9.84. The first kappa shape index (κ1) is 16.5. The van der Waals surface area contributed by atoms with Crippen LogP contribution < -0.4 is 0 Å². The fourth-order valence-corrected chi connectivity index (χ4v) is 4.23. The van der Waals surface area contributed by atoms with E-state index in [1.165, 1.54) is 44.9 Å². The highest BCUT2D eigenvalue weighted by Crippen LogP contribution is 2.32. The molecule has 0 aromatic heterocycles. The summed E-state index contributed by atoms with van der Waals surface area (Å²) in [7, 11) is 1.69. The first-order valence-corrected chi connectivity index (χ1v) is 9.17. The van der Waals surface area contributed by atoms with Gasteiger partial charge in [0.1, 0.15) is 0 Å². The zero-order valence-electron chi connectivity index (χ0n) is 14.3. The minimum absolute atomic E-state index is 0.215. The van der Waals surface area contributed by atoms with E-state index in [0.29, 0.717) is 12.6 Å². The molecule has 23 heavy (non-hydrogen) atoms. The van der Waals surface area contributed by atoms with Crippen LogP contribution >= 0.6 is 0 Å². The molecule has 1 aromatic rings. The monoisotopic (exact) mass is 315 g/mol.